The van der Waals surface area contributed by atoms with Gasteiger partial charge in [-0.3, -0.25) is 4.68 Å². The maximum atomic E-state index is 12.6. The maximum absolute atomic E-state index is 12.6. The molecule has 23 heavy (non-hydrogen) atoms. The third-order valence-electron chi connectivity index (χ3n) is 3.51. The fraction of sp³-hybridized carbons (Fsp3) is 0.125. The molecule has 0 saturated heterocycles. The Morgan fingerprint density at radius 2 is 1.83 bits per heavy atom. The van der Waals surface area contributed by atoms with E-state index in [2.05, 4.69) is 5.10 Å². The van der Waals surface area contributed by atoms with E-state index < -0.39 is 17.7 Å². The molecule has 1 heterocycles. The van der Waals surface area contributed by atoms with Gasteiger partial charge in [-0.1, -0.05) is 18.2 Å². The molecule has 0 aliphatic rings. The molecule has 2 aromatic carbocycles. The monoisotopic (exact) mass is 320 g/mol. The number of benzene rings is 2. The number of hydrogen-bond donors (Lipinski definition) is 1. The number of aromatic carboxylic acids is 1. The Balaban J connectivity index is 1.92. The number of fused-ring (bicyclic) bond motifs is 1. The average molecular weight is 320 g/mol. The van der Waals surface area contributed by atoms with E-state index in [1.165, 1.54) is 24.3 Å². The van der Waals surface area contributed by atoms with Gasteiger partial charge in [-0.25, -0.2) is 4.79 Å². The van der Waals surface area contributed by atoms with Gasteiger partial charge in [0.1, 0.15) is 0 Å². The second-order valence-corrected chi connectivity index (χ2v) is 5.08. The van der Waals surface area contributed by atoms with Crippen LogP contribution in [0.15, 0.2) is 48.7 Å². The molecule has 3 aromatic rings. The zero-order valence-electron chi connectivity index (χ0n) is 11.7. The predicted octanol–water partition coefficient (Wildman–Crippen LogP) is 3.80. The first kappa shape index (κ1) is 15.1. The number of carboxylic acid groups (broad SMARTS) is 1. The maximum Gasteiger partial charge on any atom is 0.416 e. The Kier molecular flexibility index (Phi) is 3.55. The number of alkyl halides is 3. The molecule has 1 N–H and O–H groups in total. The number of nitrogens with zero attached hydrogens (tertiary/aromatic N) is 2. The number of halogens is 3. The number of hydrogen-bond acceptors (Lipinski definition) is 2. The number of aromatic nitrogens is 2. The molecule has 7 heteroatoms. The van der Waals surface area contributed by atoms with Gasteiger partial charge in [-0.15, -0.1) is 0 Å². The van der Waals surface area contributed by atoms with Gasteiger partial charge < -0.3 is 5.11 Å². The summed E-state index contributed by atoms with van der Waals surface area (Å²) < 4.78 is 39.2. The second kappa shape index (κ2) is 5.42. The van der Waals surface area contributed by atoms with Gasteiger partial charge in [0, 0.05) is 5.39 Å². The number of carbonyl (C=O) groups is 1. The normalized spacial score (nSPS) is 11.8. The average Bonchev–Trinajstić information content (AvgIpc) is 2.89. The van der Waals surface area contributed by atoms with Crippen LogP contribution in [0.5, 0.6) is 0 Å². The van der Waals surface area contributed by atoms with Crippen LogP contribution in [0, 0.1) is 0 Å². The van der Waals surface area contributed by atoms with E-state index in [1.54, 1.807) is 16.9 Å². The van der Waals surface area contributed by atoms with Crippen molar-refractivity contribution in [1.82, 2.24) is 9.78 Å². The molecule has 0 saturated carbocycles. The lowest BCUT2D eigenvalue weighted by atomic mass is 10.1. The van der Waals surface area contributed by atoms with Gasteiger partial charge in [0.25, 0.3) is 0 Å². The summed E-state index contributed by atoms with van der Waals surface area (Å²) in [4.78, 5) is 11.0. The summed E-state index contributed by atoms with van der Waals surface area (Å²) in [5.74, 6) is -1.05. The minimum absolute atomic E-state index is 0.131. The van der Waals surface area contributed by atoms with E-state index >= 15 is 0 Å². The fourth-order valence-electron chi connectivity index (χ4n) is 2.30. The van der Waals surface area contributed by atoms with Gasteiger partial charge in [0.15, 0.2) is 0 Å². The molecule has 0 aliphatic heterocycles. The predicted molar refractivity (Wildman–Crippen MR) is 77.2 cm³/mol. The van der Waals surface area contributed by atoms with Crippen molar-refractivity contribution >= 4 is 16.9 Å². The molecular weight excluding hydrogens is 309 g/mol. The number of rotatable bonds is 3. The molecule has 1 aromatic heterocycles. The molecule has 3 rings (SSSR count). The van der Waals surface area contributed by atoms with Crippen molar-refractivity contribution in [2.45, 2.75) is 12.7 Å². The topological polar surface area (TPSA) is 55.1 Å². The molecule has 0 radical (unpaired) electrons. The third kappa shape index (κ3) is 3.03. The molecule has 0 unspecified atom stereocenters. The van der Waals surface area contributed by atoms with Crippen LogP contribution in [-0.2, 0) is 12.7 Å². The highest BCUT2D eigenvalue weighted by Crippen LogP contribution is 2.29. The summed E-state index contributed by atoms with van der Waals surface area (Å²) in [6.45, 7) is 0.255. The van der Waals surface area contributed by atoms with Crippen LogP contribution in [0.4, 0.5) is 13.2 Å². The standard InChI is InChI=1S/C16H11F3N2O2/c17-16(18,19)13-5-1-10(2-6-13)9-21-14-7-11(15(22)23)3-4-12(14)8-20-21/h1-8H,9H2,(H,22,23). The highest BCUT2D eigenvalue weighted by atomic mass is 19.4. The van der Waals surface area contributed by atoms with Crippen LogP contribution in [-0.4, -0.2) is 20.9 Å². The molecule has 118 valence electrons. The molecule has 0 amide bonds. The molecule has 0 fully saturated rings. The Labute approximate surface area is 128 Å². The van der Waals surface area contributed by atoms with Crippen LogP contribution in [0.1, 0.15) is 21.5 Å². The summed E-state index contributed by atoms with van der Waals surface area (Å²) in [5.41, 5.74) is 0.680. The zero-order chi connectivity index (χ0) is 16.6. The molecular formula is C16H11F3N2O2. The van der Waals surface area contributed by atoms with Crippen molar-refractivity contribution in [3.8, 4) is 0 Å². The lowest BCUT2D eigenvalue weighted by Gasteiger charge is -2.08. The Hall–Kier alpha value is -2.83. The quantitative estimate of drug-likeness (QED) is 0.798. The molecule has 0 atom stereocenters. The van der Waals surface area contributed by atoms with E-state index in [-0.39, 0.29) is 12.1 Å². The van der Waals surface area contributed by atoms with E-state index in [9.17, 15) is 18.0 Å². The first-order chi connectivity index (χ1) is 10.8. The first-order valence-corrected chi connectivity index (χ1v) is 6.69. The van der Waals surface area contributed by atoms with Crippen LogP contribution in [0.25, 0.3) is 10.9 Å². The van der Waals surface area contributed by atoms with Gasteiger partial charge in [0.2, 0.25) is 0 Å². The van der Waals surface area contributed by atoms with E-state index in [0.29, 0.717) is 11.1 Å². The molecule has 0 bridgehead atoms. The first-order valence-electron chi connectivity index (χ1n) is 6.69. The largest absolute Gasteiger partial charge is 0.478 e. The van der Waals surface area contributed by atoms with E-state index in [0.717, 1.165) is 17.5 Å². The Morgan fingerprint density at radius 1 is 1.13 bits per heavy atom. The minimum Gasteiger partial charge on any atom is -0.478 e. The smallest absolute Gasteiger partial charge is 0.416 e. The van der Waals surface area contributed by atoms with Crippen molar-refractivity contribution in [2.75, 3.05) is 0 Å². The van der Waals surface area contributed by atoms with E-state index in [1.807, 2.05) is 0 Å². The third-order valence-corrected chi connectivity index (χ3v) is 3.51. The minimum atomic E-state index is -4.37. The highest BCUT2D eigenvalue weighted by molar-refractivity contribution is 5.93. The van der Waals surface area contributed by atoms with Crippen LogP contribution in [0.2, 0.25) is 0 Å². The summed E-state index contributed by atoms with van der Waals surface area (Å²) in [6.07, 6.45) is -2.78. The second-order valence-electron chi connectivity index (χ2n) is 5.08. The van der Waals surface area contributed by atoms with Crippen molar-refractivity contribution in [2.24, 2.45) is 0 Å². The van der Waals surface area contributed by atoms with Crippen LogP contribution < -0.4 is 0 Å². The lowest BCUT2D eigenvalue weighted by Crippen LogP contribution is -2.06. The van der Waals surface area contributed by atoms with Crippen LogP contribution in [0.3, 0.4) is 0 Å². The van der Waals surface area contributed by atoms with Gasteiger partial charge in [0.05, 0.1) is 29.4 Å². The lowest BCUT2D eigenvalue weighted by molar-refractivity contribution is -0.137. The summed E-state index contributed by atoms with van der Waals surface area (Å²) in [5, 5.41) is 14.0. The van der Waals surface area contributed by atoms with Crippen molar-refractivity contribution in [3.05, 3.63) is 65.4 Å². The van der Waals surface area contributed by atoms with Crippen molar-refractivity contribution in [3.63, 3.8) is 0 Å². The van der Waals surface area contributed by atoms with Gasteiger partial charge >= 0.3 is 12.1 Å². The molecule has 0 spiro atoms. The highest BCUT2D eigenvalue weighted by Gasteiger charge is 2.29. The number of carboxylic acids is 1. The fourth-order valence-corrected chi connectivity index (χ4v) is 2.30. The molecule has 4 nitrogen and oxygen atoms in total. The zero-order valence-corrected chi connectivity index (χ0v) is 11.7. The van der Waals surface area contributed by atoms with Gasteiger partial charge in [-0.2, -0.15) is 18.3 Å². The Bertz CT molecular complexity index is 867. The van der Waals surface area contributed by atoms with Crippen molar-refractivity contribution < 1.29 is 23.1 Å². The van der Waals surface area contributed by atoms with Gasteiger partial charge in [-0.05, 0) is 29.8 Å². The summed E-state index contributed by atoms with van der Waals surface area (Å²) in [6, 6.07) is 9.43. The Morgan fingerprint density at radius 3 is 2.43 bits per heavy atom. The van der Waals surface area contributed by atoms with E-state index in [4.69, 9.17) is 5.11 Å². The summed E-state index contributed by atoms with van der Waals surface area (Å²) in [7, 11) is 0. The SMILES string of the molecule is O=C(O)c1ccc2cnn(Cc3ccc(C(F)(F)F)cc3)c2c1. The molecule has 0 aliphatic carbocycles. The van der Waals surface area contributed by atoms with Crippen molar-refractivity contribution in [1.29, 1.82) is 0 Å². The summed E-state index contributed by atoms with van der Waals surface area (Å²) >= 11 is 0. The van der Waals surface area contributed by atoms with Crippen LogP contribution >= 0.6 is 0 Å².